The first-order valence-corrected chi connectivity index (χ1v) is 11.5. The number of anilines is 1. The summed E-state index contributed by atoms with van der Waals surface area (Å²) in [7, 11) is 0. The number of nitrogen functional groups attached to an aromatic ring is 1. The molecular weight excluding hydrogens is 434 g/mol. The van der Waals surface area contributed by atoms with Crippen LogP contribution in [0.1, 0.15) is 21.8 Å². The molecule has 0 saturated heterocycles. The molecule has 0 saturated carbocycles. The molecule has 2 aromatic carbocycles. The molecule has 3 N–H and O–H groups in total. The number of rotatable bonds is 9. The molecule has 1 heterocycles. The second kappa shape index (κ2) is 11.8. The van der Waals surface area contributed by atoms with E-state index in [9.17, 15) is 9.59 Å². The lowest BCUT2D eigenvalue weighted by Crippen LogP contribution is -2.42. The van der Waals surface area contributed by atoms with E-state index in [0.29, 0.717) is 17.7 Å². The van der Waals surface area contributed by atoms with Gasteiger partial charge >= 0.3 is 0 Å². The van der Waals surface area contributed by atoms with Crippen molar-refractivity contribution in [1.82, 2.24) is 10.3 Å². The van der Waals surface area contributed by atoms with E-state index in [1.807, 2.05) is 42.0 Å². The third kappa shape index (κ3) is 6.62. The van der Waals surface area contributed by atoms with Gasteiger partial charge in [-0.3, -0.25) is 9.59 Å². The zero-order valence-electron chi connectivity index (χ0n) is 16.6. The molecule has 0 radical (unpaired) electrons. The Hall–Kier alpha value is -2.29. The Bertz CT molecular complexity index is 959. The van der Waals surface area contributed by atoms with Crippen molar-refractivity contribution in [3.63, 3.8) is 0 Å². The minimum absolute atomic E-state index is 0. The van der Waals surface area contributed by atoms with Crippen molar-refractivity contribution in [2.45, 2.75) is 18.9 Å². The molecule has 3 rings (SSSR count). The molecule has 0 unspecified atom stereocenters. The lowest BCUT2D eigenvalue weighted by Gasteiger charge is -2.17. The summed E-state index contributed by atoms with van der Waals surface area (Å²) in [5, 5.41) is 5.59. The number of hydrogen-bond acceptors (Lipinski definition) is 6. The average Bonchev–Trinajstić information content (AvgIpc) is 3.20. The van der Waals surface area contributed by atoms with Crippen LogP contribution >= 0.6 is 36.6 Å². The minimum Gasteiger partial charge on any atom is -0.399 e. The summed E-state index contributed by atoms with van der Waals surface area (Å²) in [5.74, 6) is 0.483. The second-order valence-corrected chi connectivity index (χ2v) is 8.49. The van der Waals surface area contributed by atoms with Gasteiger partial charge in [0, 0.05) is 22.2 Å². The third-order valence-electron chi connectivity index (χ3n) is 4.42. The van der Waals surface area contributed by atoms with E-state index in [1.54, 1.807) is 36.0 Å². The fraction of sp³-hybridized carbons (Fsp3) is 0.227. The van der Waals surface area contributed by atoms with E-state index in [0.717, 1.165) is 22.0 Å². The van der Waals surface area contributed by atoms with Gasteiger partial charge < -0.3 is 11.1 Å². The number of aromatic nitrogens is 1. The molecule has 1 amide bonds. The van der Waals surface area contributed by atoms with Crippen molar-refractivity contribution in [2.75, 3.05) is 17.7 Å². The molecule has 1 atom stereocenters. The maximum Gasteiger partial charge on any atom is 0.251 e. The molecule has 0 spiro atoms. The van der Waals surface area contributed by atoms with Gasteiger partial charge in [-0.05, 0) is 42.7 Å². The number of carbonyl (C=O) groups is 2. The van der Waals surface area contributed by atoms with Crippen LogP contribution in [0.25, 0.3) is 11.3 Å². The van der Waals surface area contributed by atoms with Crippen molar-refractivity contribution in [3.05, 3.63) is 70.5 Å². The van der Waals surface area contributed by atoms with E-state index in [2.05, 4.69) is 10.3 Å². The molecule has 0 bridgehead atoms. The van der Waals surface area contributed by atoms with Crippen LogP contribution in [-0.2, 0) is 11.2 Å². The van der Waals surface area contributed by atoms with Gasteiger partial charge in [-0.2, -0.15) is 25.3 Å². The summed E-state index contributed by atoms with van der Waals surface area (Å²) < 4.78 is 0. The second-order valence-electron chi connectivity index (χ2n) is 6.57. The topological polar surface area (TPSA) is 85.1 Å². The number of nitrogens with zero attached hydrogens (tertiary/aromatic N) is 1. The number of benzene rings is 2. The number of nitrogens with one attached hydrogen (secondary N) is 1. The standard InChI is InChI=1S/C22H23N3O2S2.H2S/c1-28-12-11-18(25-22(27)16-7-9-17(23)10-8-16)20(26)13-21-24-19(14-29-21)15-5-3-2-4-6-15;/h2-10,14,18H,11-13,23H2,1H3,(H,25,27);1H2/t18-;/m0./s1. The Labute approximate surface area is 191 Å². The normalized spacial score (nSPS) is 11.4. The highest BCUT2D eigenvalue weighted by Gasteiger charge is 2.22. The van der Waals surface area contributed by atoms with Gasteiger partial charge in [-0.25, -0.2) is 4.98 Å². The van der Waals surface area contributed by atoms with Gasteiger partial charge in [0.1, 0.15) is 5.01 Å². The molecule has 8 heteroatoms. The summed E-state index contributed by atoms with van der Waals surface area (Å²) >= 11 is 3.11. The fourth-order valence-electron chi connectivity index (χ4n) is 2.83. The first-order valence-electron chi connectivity index (χ1n) is 9.24. The van der Waals surface area contributed by atoms with Gasteiger partial charge in [0.2, 0.25) is 0 Å². The molecule has 3 aromatic rings. The summed E-state index contributed by atoms with van der Waals surface area (Å²) in [4.78, 5) is 30.1. The summed E-state index contributed by atoms with van der Waals surface area (Å²) in [5.41, 5.74) is 8.65. The highest BCUT2D eigenvalue weighted by molar-refractivity contribution is 7.98. The van der Waals surface area contributed by atoms with Crippen LogP contribution < -0.4 is 11.1 Å². The summed E-state index contributed by atoms with van der Waals surface area (Å²) in [6.45, 7) is 0. The summed E-state index contributed by atoms with van der Waals surface area (Å²) in [6.07, 6.45) is 2.77. The molecule has 5 nitrogen and oxygen atoms in total. The molecule has 1 aromatic heterocycles. The molecule has 0 aliphatic heterocycles. The SMILES string of the molecule is CSCC[C@H](NC(=O)c1ccc(N)cc1)C(=O)Cc1nc(-c2ccccc2)cs1.S. The number of carbonyl (C=O) groups excluding carboxylic acids is 2. The lowest BCUT2D eigenvalue weighted by atomic mass is 10.1. The zero-order chi connectivity index (χ0) is 20.6. The predicted molar refractivity (Wildman–Crippen MR) is 132 cm³/mol. The molecule has 0 fully saturated rings. The number of Topliss-reactive ketones (excluding diaryl/α,β-unsaturated/α-hetero) is 1. The highest BCUT2D eigenvalue weighted by Crippen LogP contribution is 2.22. The molecule has 0 aliphatic rings. The van der Waals surface area contributed by atoms with Crippen LogP contribution in [0.15, 0.2) is 60.0 Å². The van der Waals surface area contributed by atoms with E-state index >= 15 is 0 Å². The van der Waals surface area contributed by atoms with E-state index in [4.69, 9.17) is 5.73 Å². The number of hydrogen-bond donors (Lipinski definition) is 2. The fourth-order valence-corrected chi connectivity index (χ4v) is 4.12. The first-order chi connectivity index (χ1) is 14.1. The maximum absolute atomic E-state index is 12.9. The maximum atomic E-state index is 12.9. The number of nitrogens with two attached hydrogens (primary N) is 1. The van der Waals surface area contributed by atoms with Gasteiger partial charge in [-0.1, -0.05) is 30.3 Å². The monoisotopic (exact) mass is 459 g/mol. The largest absolute Gasteiger partial charge is 0.399 e. The van der Waals surface area contributed by atoms with E-state index in [1.165, 1.54) is 11.3 Å². The number of amides is 1. The van der Waals surface area contributed by atoms with Crippen molar-refractivity contribution < 1.29 is 9.59 Å². The van der Waals surface area contributed by atoms with Crippen molar-refractivity contribution >= 4 is 54.0 Å². The number of ketones is 1. The van der Waals surface area contributed by atoms with Crippen LogP contribution in [0.4, 0.5) is 5.69 Å². The van der Waals surface area contributed by atoms with Crippen molar-refractivity contribution in [3.8, 4) is 11.3 Å². The molecule has 0 aliphatic carbocycles. The predicted octanol–water partition coefficient (Wildman–Crippen LogP) is 4.17. The smallest absolute Gasteiger partial charge is 0.251 e. The minimum atomic E-state index is -0.545. The highest BCUT2D eigenvalue weighted by atomic mass is 32.2. The Balaban J connectivity index is 0.00000320. The van der Waals surface area contributed by atoms with Crippen LogP contribution in [0.3, 0.4) is 0 Å². The Morgan fingerprint density at radius 3 is 2.50 bits per heavy atom. The van der Waals surface area contributed by atoms with Gasteiger partial charge in [-0.15, -0.1) is 11.3 Å². The number of thiazole rings is 1. The van der Waals surface area contributed by atoms with E-state index in [-0.39, 0.29) is 31.6 Å². The molecule has 158 valence electrons. The van der Waals surface area contributed by atoms with Crippen LogP contribution in [0, 0.1) is 0 Å². The van der Waals surface area contributed by atoms with Gasteiger partial charge in [0.25, 0.3) is 5.91 Å². The lowest BCUT2D eigenvalue weighted by molar-refractivity contribution is -0.120. The van der Waals surface area contributed by atoms with E-state index < -0.39 is 6.04 Å². The summed E-state index contributed by atoms with van der Waals surface area (Å²) in [6, 6.07) is 16.0. The van der Waals surface area contributed by atoms with Crippen LogP contribution in [0.2, 0.25) is 0 Å². The van der Waals surface area contributed by atoms with Crippen LogP contribution in [-0.4, -0.2) is 34.7 Å². The third-order valence-corrected chi connectivity index (χ3v) is 5.92. The van der Waals surface area contributed by atoms with Crippen molar-refractivity contribution in [1.29, 1.82) is 0 Å². The molecule has 30 heavy (non-hydrogen) atoms. The zero-order valence-corrected chi connectivity index (χ0v) is 19.3. The number of thioether (sulfide) groups is 1. The Morgan fingerprint density at radius 2 is 1.83 bits per heavy atom. The van der Waals surface area contributed by atoms with Crippen LogP contribution in [0.5, 0.6) is 0 Å². The van der Waals surface area contributed by atoms with Gasteiger partial charge in [0.15, 0.2) is 5.78 Å². The average molecular weight is 460 g/mol. The van der Waals surface area contributed by atoms with Gasteiger partial charge in [0.05, 0.1) is 18.2 Å². The van der Waals surface area contributed by atoms with Crippen molar-refractivity contribution in [2.24, 2.45) is 0 Å². The Morgan fingerprint density at radius 1 is 1.13 bits per heavy atom. The quantitative estimate of drug-likeness (QED) is 0.469. The first kappa shape index (κ1) is 24.0. The Kier molecular flexibility index (Phi) is 9.42. The molecular formula is C22H25N3O2S3.